The third kappa shape index (κ3) is 1.47. The van der Waals surface area contributed by atoms with Gasteiger partial charge >= 0.3 is 0 Å². The number of aryl methyl sites for hydroxylation is 2. The van der Waals surface area contributed by atoms with Gasteiger partial charge in [-0.05, 0) is 32.3 Å². The molecule has 1 aliphatic rings. The molecular weight excluding hydrogens is 184 g/mol. The Morgan fingerprint density at radius 1 is 1.31 bits per heavy atom. The number of rotatable bonds is 1. The van der Waals surface area contributed by atoms with Crippen molar-refractivity contribution in [2.24, 2.45) is 0 Å². The van der Waals surface area contributed by atoms with E-state index in [1.165, 1.54) is 0 Å². The molecule has 70 valence electrons. The van der Waals surface area contributed by atoms with Gasteiger partial charge in [0.1, 0.15) is 0 Å². The lowest BCUT2D eigenvalue weighted by Gasteiger charge is -2.13. The minimum absolute atomic E-state index is 0.617. The first-order valence-electron chi connectivity index (χ1n) is 4.52. The molecule has 13 heavy (non-hydrogen) atoms. The molecular formula is C11H13ClO. The molecule has 1 N–H and O–H groups in total. The average molecular weight is 197 g/mol. The summed E-state index contributed by atoms with van der Waals surface area (Å²) in [4.78, 5) is 0. The monoisotopic (exact) mass is 196 g/mol. The minimum atomic E-state index is -0.617. The van der Waals surface area contributed by atoms with E-state index in [9.17, 15) is 5.11 Å². The molecule has 1 aromatic rings. The summed E-state index contributed by atoms with van der Waals surface area (Å²) in [5.74, 6) is 0. The second-order valence-corrected chi connectivity index (χ2v) is 4.35. The van der Waals surface area contributed by atoms with E-state index >= 15 is 0 Å². The number of hydrogen-bond donors (Lipinski definition) is 1. The van der Waals surface area contributed by atoms with Crippen LogP contribution in [0.2, 0.25) is 5.02 Å². The van der Waals surface area contributed by atoms with Gasteiger partial charge in [0.05, 0.1) is 5.60 Å². The van der Waals surface area contributed by atoms with Crippen LogP contribution in [0.25, 0.3) is 0 Å². The van der Waals surface area contributed by atoms with Gasteiger partial charge in [0, 0.05) is 10.6 Å². The molecule has 2 rings (SSSR count). The second-order valence-electron chi connectivity index (χ2n) is 3.97. The summed E-state index contributed by atoms with van der Waals surface area (Å²) >= 11 is 6.13. The lowest BCUT2D eigenvalue weighted by molar-refractivity contribution is 0.151. The van der Waals surface area contributed by atoms with Gasteiger partial charge in [-0.25, -0.2) is 0 Å². The van der Waals surface area contributed by atoms with Gasteiger partial charge in [0.2, 0.25) is 0 Å². The van der Waals surface area contributed by atoms with Gasteiger partial charge in [0.15, 0.2) is 0 Å². The van der Waals surface area contributed by atoms with Crippen molar-refractivity contribution in [3.8, 4) is 0 Å². The third-order valence-electron chi connectivity index (χ3n) is 2.62. The summed E-state index contributed by atoms with van der Waals surface area (Å²) in [5, 5.41) is 10.7. The molecule has 1 nitrogen and oxygen atoms in total. The third-order valence-corrected chi connectivity index (χ3v) is 3.13. The largest absolute Gasteiger partial charge is 0.385 e. The number of benzene rings is 1. The zero-order chi connectivity index (χ0) is 9.64. The topological polar surface area (TPSA) is 20.2 Å². The van der Waals surface area contributed by atoms with Crippen molar-refractivity contribution >= 4 is 11.6 Å². The quantitative estimate of drug-likeness (QED) is 0.733. The predicted molar refractivity (Wildman–Crippen MR) is 54.1 cm³/mol. The Morgan fingerprint density at radius 3 is 2.46 bits per heavy atom. The van der Waals surface area contributed by atoms with Crippen molar-refractivity contribution in [1.29, 1.82) is 0 Å². The first-order chi connectivity index (χ1) is 6.03. The molecule has 0 radical (unpaired) electrons. The molecule has 0 bridgehead atoms. The molecule has 0 spiro atoms. The number of aliphatic hydroxyl groups is 1. The van der Waals surface area contributed by atoms with Crippen LogP contribution in [0.15, 0.2) is 12.1 Å². The molecule has 1 saturated carbocycles. The number of halogens is 1. The highest BCUT2D eigenvalue weighted by molar-refractivity contribution is 6.32. The van der Waals surface area contributed by atoms with Gasteiger partial charge in [-0.3, -0.25) is 0 Å². The van der Waals surface area contributed by atoms with E-state index in [4.69, 9.17) is 11.6 Å². The smallest absolute Gasteiger partial charge is 0.0913 e. The lowest BCUT2D eigenvalue weighted by Crippen LogP contribution is -2.06. The lowest BCUT2D eigenvalue weighted by atomic mass is 10.0. The summed E-state index contributed by atoms with van der Waals surface area (Å²) in [5.41, 5.74) is 2.51. The summed E-state index contributed by atoms with van der Waals surface area (Å²) in [6.45, 7) is 4.00. The first kappa shape index (κ1) is 9.04. The van der Waals surface area contributed by atoms with Crippen LogP contribution in [0.3, 0.4) is 0 Å². The molecule has 2 heteroatoms. The zero-order valence-corrected chi connectivity index (χ0v) is 8.65. The molecule has 0 aromatic heterocycles. The summed E-state index contributed by atoms with van der Waals surface area (Å²) in [7, 11) is 0. The van der Waals surface area contributed by atoms with E-state index in [-0.39, 0.29) is 0 Å². The van der Waals surface area contributed by atoms with Crippen LogP contribution >= 0.6 is 11.6 Å². The molecule has 1 fully saturated rings. The Labute approximate surface area is 83.3 Å². The highest BCUT2D eigenvalue weighted by Gasteiger charge is 2.43. The Hall–Kier alpha value is -0.530. The van der Waals surface area contributed by atoms with E-state index in [1.807, 2.05) is 26.0 Å². The van der Waals surface area contributed by atoms with Crippen molar-refractivity contribution < 1.29 is 5.11 Å². The number of hydrogen-bond acceptors (Lipinski definition) is 1. The average Bonchev–Trinajstić information content (AvgIpc) is 2.77. The zero-order valence-electron chi connectivity index (χ0n) is 7.89. The molecule has 0 heterocycles. The summed E-state index contributed by atoms with van der Waals surface area (Å²) < 4.78 is 0. The van der Waals surface area contributed by atoms with Crippen molar-refractivity contribution in [3.63, 3.8) is 0 Å². The van der Waals surface area contributed by atoms with Crippen LogP contribution in [0, 0.1) is 13.8 Å². The van der Waals surface area contributed by atoms with E-state index in [0.717, 1.165) is 34.6 Å². The Kier molecular flexibility index (Phi) is 1.90. The molecule has 1 aliphatic carbocycles. The predicted octanol–water partition coefficient (Wildman–Crippen LogP) is 2.94. The van der Waals surface area contributed by atoms with Crippen LogP contribution in [0.4, 0.5) is 0 Å². The SMILES string of the molecule is Cc1cc(C)c(Cl)c(C2(O)CC2)c1. The van der Waals surface area contributed by atoms with Crippen molar-refractivity contribution in [1.82, 2.24) is 0 Å². The first-order valence-corrected chi connectivity index (χ1v) is 4.90. The van der Waals surface area contributed by atoms with Crippen LogP contribution in [-0.2, 0) is 5.60 Å². The van der Waals surface area contributed by atoms with Crippen LogP contribution in [-0.4, -0.2) is 5.11 Å². The fraction of sp³-hybridized carbons (Fsp3) is 0.455. The van der Waals surface area contributed by atoms with Crippen LogP contribution in [0.5, 0.6) is 0 Å². The Bertz CT molecular complexity index is 353. The van der Waals surface area contributed by atoms with Gasteiger partial charge in [-0.2, -0.15) is 0 Å². The fourth-order valence-corrected chi connectivity index (χ4v) is 1.96. The van der Waals surface area contributed by atoms with Crippen molar-refractivity contribution in [3.05, 3.63) is 33.8 Å². The molecule has 1 aromatic carbocycles. The molecule has 0 atom stereocenters. The van der Waals surface area contributed by atoms with Crippen LogP contribution in [0.1, 0.15) is 29.5 Å². The summed E-state index contributed by atoms with van der Waals surface area (Å²) in [6, 6.07) is 4.03. The molecule has 0 saturated heterocycles. The van der Waals surface area contributed by atoms with E-state index in [1.54, 1.807) is 0 Å². The Morgan fingerprint density at radius 2 is 1.92 bits per heavy atom. The van der Waals surface area contributed by atoms with Crippen molar-refractivity contribution in [2.45, 2.75) is 32.3 Å². The molecule has 0 amide bonds. The molecule has 0 unspecified atom stereocenters. The van der Waals surface area contributed by atoms with Crippen LogP contribution < -0.4 is 0 Å². The standard InChI is InChI=1S/C11H13ClO/c1-7-5-8(2)10(12)9(6-7)11(13)3-4-11/h5-6,13H,3-4H2,1-2H3. The van der Waals surface area contributed by atoms with E-state index < -0.39 is 5.60 Å². The maximum absolute atomic E-state index is 9.95. The van der Waals surface area contributed by atoms with Gasteiger partial charge in [-0.1, -0.05) is 29.3 Å². The Balaban J connectivity index is 2.56. The maximum atomic E-state index is 9.95. The van der Waals surface area contributed by atoms with Gasteiger partial charge in [-0.15, -0.1) is 0 Å². The second kappa shape index (κ2) is 2.73. The maximum Gasteiger partial charge on any atom is 0.0913 e. The van der Waals surface area contributed by atoms with Crippen molar-refractivity contribution in [2.75, 3.05) is 0 Å². The highest BCUT2D eigenvalue weighted by Crippen LogP contribution is 2.48. The fourth-order valence-electron chi connectivity index (χ4n) is 1.68. The molecule has 0 aliphatic heterocycles. The summed E-state index contributed by atoms with van der Waals surface area (Å²) in [6.07, 6.45) is 1.69. The van der Waals surface area contributed by atoms with E-state index in [2.05, 4.69) is 0 Å². The normalized spacial score (nSPS) is 18.8. The van der Waals surface area contributed by atoms with Gasteiger partial charge in [0.25, 0.3) is 0 Å². The minimum Gasteiger partial charge on any atom is -0.385 e. The van der Waals surface area contributed by atoms with E-state index in [0.29, 0.717) is 0 Å². The highest BCUT2D eigenvalue weighted by atomic mass is 35.5. The van der Waals surface area contributed by atoms with Gasteiger partial charge < -0.3 is 5.11 Å².